The highest BCUT2D eigenvalue weighted by molar-refractivity contribution is 6.07. The topological polar surface area (TPSA) is 80.2 Å². The highest BCUT2D eigenvalue weighted by Crippen LogP contribution is 2.29. The predicted octanol–water partition coefficient (Wildman–Crippen LogP) is 3.06. The maximum Gasteiger partial charge on any atom is 0.243 e. The largest absolute Gasteiger partial charge is 0.494 e. The minimum atomic E-state index is -0.684. The second kappa shape index (κ2) is 7.04. The molecule has 124 valence electrons. The van der Waals surface area contributed by atoms with Gasteiger partial charge in [0.05, 0.1) is 6.61 Å². The van der Waals surface area contributed by atoms with Crippen LogP contribution in [0.15, 0.2) is 53.7 Å². The van der Waals surface area contributed by atoms with E-state index in [1.165, 1.54) is 0 Å². The summed E-state index contributed by atoms with van der Waals surface area (Å²) in [7, 11) is 0. The van der Waals surface area contributed by atoms with Crippen molar-refractivity contribution in [2.24, 2.45) is 11.1 Å². The van der Waals surface area contributed by atoms with Gasteiger partial charge in [-0.15, -0.1) is 0 Å². The molecule has 1 aliphatic rings. The molecule has 1 aliphatic heterocycles. The molecule has 2 N–H and O–H groups in total. The molecule has 6 nitrogen and oxygen atoms in total. The minimum Gasteiger partial charge on any atom is -0.494 e. The third kappa shape index (κ3) is 3.32. The van der Waals surface area contributed by atoms with Gasteiger partial charge in [-0.25, -0.2) is 0 Å². The molecule has 24 heavy (non-hydrogen) atoms. The van der Waals surface area contributed by atoms with Crippen LogP contribution in [0.2, 0.25) is 0 Å². The maximum atomic E-state index is 12.5. The average molecular weight is 326 g/mol. The number of hydrogen-bond donors (Lipinski definition) is 2. The van der Waals surface area contributed by atoms with Crippen LogP contribution < -0.4 is 14.8 Å². The molecule has 0 aromatic heterocycles. The Morgan fingerprint density at radius 3 is 2.75 bits per heavy atom. The van der Waals surface area contributed by atoms with Crippen LogP contribution in [-0.2, 0) is 11.2 Å². The fraction of sp³-hybridized carbons (Fsp3) is 0.222. The first kappa shape index (κ1) is 15.9. The normalized spacial score (nSPS) is 17.7. The van der Waals surface area contributed by atoms with Gasteiger partial charge in [0, 0.05) is 5.69 Å². The van der Waals surface area contributed by atoms with Crippen molar-refractivity contribution in [2.75, 3.05) is 11.9 Å². The number of fused-ring (bicyclic) bond motifs is 1. The molecule has 3 rings (SSSR count). The van der Waals surface area contributed by atoms with Crippen LogP contribution in [0.5, 0.6) is 11.5 Å². The molecule has 0 aliphatic carbocycles. The van der Waals surface area contributed by atoms with Gasteiger partial charge in [-0.05, 0) is 49.2 Å². The van der Waals surface area contributed by atoms with Gasteiger partial charge in [0.15, 0.2) is 0 Å². The first-order valence-electron chi connectivity index (χ1n) is 7.72. The number of benzene rings is 2. The molecule has 0 radical (unpaired) electrons. The first-order valence-corrected chi connectivity index (χ1v) is 7.72. The lowest BCUT2D eigenvalue weighted by Crippen LogP contribution is -2.37. The molecule has 1 heterocycles. The number of carbonyl (C=O) groups excluding carboxylic acids is 1. The van der Waals surface area contributed by atoms with Crippen molar-refractivity contribution in [3.63, 3.8) is 0 Å². The Morgan fingerprint density at radius 2 is 2.04 bits per heavy atom. The van der Waals surface area contributed by atoms with Crippen molar-refractivity contribution in [3.05, 3.63) is 54.1 Å². The van der Waals surface area contributed by atoms with Crippen molar-refractivity contribution in [1.29, 1.82) is 0 Å². The van der Waals surface area contributed by atoms with E-state index < -0.39 is 5.92 Å². The lowest BCUT2D eigenvalue weighted by Gasteiger charge is -2.24. The van der Waals surface area contributed by atoms with E-state index in [1.807, 2.05) is 25.1 Å². The summed E-state index contributed by atoms with van der Waals surface area (Å²) in [6, 6.07) is 14.5. The highest BCUT2D eigenvalue weighted by atomic mass is 16.5. The summed E-state index contributed by atoms with van der Waals surface area (Å²) in [6.07, 6.45) is 0.415. The monoisotopic (exact) mass is 326 g/mol. The summed E-state index contributed by atoms with van der Waals surface area (Å²) >= 11 is 0. The number of nitrogens with zero attached hydrogens (tertiary/aromatic N) is 1. The van der Waals surface area contributed by atoms with Crippen LogP contribution in [-0.4, -0.2) is 23.6 Å². The Balaban J connectivity index is 1.74. The van der Waals surface area contributed by atoms with Gasteiger partial charge in [0.1, 0.15) is 17.4 Å². The molecule has 0 fully saturated rings. The van der Waals surface area contributed by atoms with E-state index in [4.69, 9.17) is 14.7 Å². The number of anilines is 1. The van der Waals surface area contributed by atoms with Crippen molar-refractivity contribution >= 4 is 17.5 Å². The zero-order valence-corrected chi connectivity index (χ0v) is 13.2. The van der Waals surface area contributed by atoms with Crippen molar-refractivity contribution in [3.8, 4) is 11.5 Å². The number of ether oxygens (including phenoxy) is 2. The second-order valence-corrected chi connectivity index (χ2v) is 5.35. The van der Waals surface area contributed by atoms with Gasteiger partial charge >= 0.3 is 0 Å². The fourth-order valence-corrected chi connectivity index (χ4v) is 2.59. The zero-order valence-electron chi connectivity index (χ0n) is 13.2. The highest BCUT2D eigenvalue weighted by Gasteiger charge is 2.33. The molecule has 0 spiro atoms. The number of para-hydroxylation sites is 1. The molecular formula is C18H18N2O4. The summed E-state index contributed by atoms with van der Waals surface area (Å²) in [5, 5.41) is 15.1. The quantitative estimate of drug-likeness (QED) is 0.668. The zero-order chi connectivity index (χ0) is 16.9. The molecule has 0 saturated carbocycles. The fourth-order valence-electron chi connectivity index (χ4n) is 2.59. The lowest BCUT2D eigenvalue weighted by molar-refractivity contribution is -0.118. The van der Waals surface area contributed by atoms with Gasteiger partial charge < -0.3 is 20.0 Å². The molecule has 0 unspecified atom stereocenters. The smallest absolute Gasteiger partial charge is 0.243 e. The summed E-state index contributed by atoms with van der Waals surface area (Å²) in [6.45, 7) is 2.49. The number of amides is 1. The van der Waals surface area contributed by atoms with Crippen LogP contribution in [0, 0.1) is 5.92 Å². The van der Waals surface area contributed by atoms with Gasteiger partial charge in [-0.2, -0.15) is 0 Å². The first-order chi connectivity index (χ1) is 11.7. The molecule has 2 aromatic rings. The molecule has 1 amide bonds. The lowest BCUT2D eigenvalue weighted by atomic mass is 9.95. The Hall–Kier alpha value is -3.02. The summed E-state index contributed by atoms with van der Waals surface area (Å²) < 4.78 is 10.9. The van der Waals surface area contributed by atoms with E-state index in [-0.39, 0.29) is 11.8 Å². The van der Waals surface area contributed by atoms with Gasteiger partial charge in [0.2, 0.25) is 11.8 Å². The Morgan fingerprint density at radius 1 is 1.29 bits per heavy atom. The molecule has 1 atom stereocenters. The van der Waals surface area contributed by atoms with Crippen LogP contribution in [0.4, 0.5) is 5.69 Å². The third-order valence-corrected chi connectivity index (χ3v) is 3.76. The van der Waals surface area contributed by atoms with E-state index in [1.54, 1.807) is 30.3 Å². The van der Waals surface area contributed by atoms with E-state index in [2.05, 4.69) is 10.5 Å². The number of rotatable bonds is 4. The Bertz CT molecular complexity index is 756. The molecular weight excluding hydrogens is 308 g/mol. The van der Waals surface area contributed by atoms with Crippen LogP contribution in [0.25, 0.3) is 0 Å². The van der Waals surface area contributed by atoms with Crippen molar-refractivity contribution in [1.82, 2.24) is 0 Å². The molecule has 6 heteroatoms. The molecule has 0 bridgehead atoms. The van der Waals surface area contributed by atoms with E-state index in [0.29, 0.717) is 24.5 Å². The van der Waals surface area contributed by atoms with Crippen LogP contribution >= 0.6 is 0 Å². The average Bonchev–Trinajstić information content (AvgIpc) is 2.62. The van der Waals surface area contributed by atoms with Gasteiger partial charge in [-0.1, -0.05) is 23.4 Å². The maximum absolute atomic E-state index is 12.5. The Labute approximate surface area is 139 Å². The van der Waals surface area contributed by atoms with E-state index in [9.17, 15) is 4.79 Å². The molecule has 0 saturated heterocycles. The SMILES string of the molecule is CCOc1ccc(NC(=O)[C@@H]2Cc3ccccc3O/C2=N/O)cc1. The summed E-state index contributed by atoms with van der Waals surface area (Å²) in [5.74, 6) is 0.369. The third-order valence-electron chi connectivity index (χ3n) is 3.76. The number of nitrogens with one attached hydrogen (secondary N) is 1. The molecule has 2 aromatic carbocycles. The van der Waals surface area contributed by atoms with Gasteiger partial charge in [0.25, 0.3) is 0 Å². The Kier molecular flexibility index (Phi) is 4.65. The summed E-state index contributed by atoms with van der Waals surface area (Å²) in [4.78, 5) is 12.5. The number of carbonyl (C=O) groups is 1. The number of oxime groups is 1. The van der Waals surface area contributed by atoms with Gasteiger partial charge in [-0.3, -0.25) is 4.79 Å². The van der Waals surface area contributed by atoms with Crippen LogP contribution in [0.1, 0.15) is 12.5 Å². The standard InChI is InChI=1S/C18H18N2O4/c1-2-23-14-9-7-13(8-10-14)19-17(21)15-11-12-5-3-4-6-16(12)24-18(15)20-22/h3-10,15,22H,2,11H2,1H3,(H,19,21)/b20-18+/t15-/m0/s1. The van der Waals surface area contributed by atoms with Crippen molar-refractivity contribution in [2.45, 2.75) is 13.3 Å². The second-order valence-electron chi connectivity index (χ2n) is 5.35. The minimum absolute atomic E-state index is 0.00265. The van der Waals surface area contributed by atoms with E-state index in [0.717, 1.165) is 11.3 Å². The predicted molar refractivity (Wildman–Crippen MR) is 89.7 cm³/mol. The van der Waals surface area contributed by atoms with Crippen molar-refractivity contribution < 1.29 is 19.5 Å². The van der Waals surface area contributed by atoms with E-state index >= 15 is 0 Å². The van der Waals surface area contributed by atoms with Crippen LogP contribution in [0.3, 0.4) is 0 Å². The number of hydrogen-bond acceptors (Lipinski definition) is 5. The summed E-state index contributed by atoms with van der Waals surface area (Å²) in [5.41, 5.74) is 1.54.